The highest BCUT2D eigenvalue weighted by Gasteiger charge is 2.38. The van der Waals surface area contributed by atoms with Crippen molar-refractivity contribution in [2.24, 2.45) is 10.9 Å². The van der Waals surface area contributed by atoms with Gasteiger partial charge >= 0.3 is 18.0 Å². The third kappa shape index (κ3) is 3.89. The lowest BCUT2D eigenvalue weighted by atomic mass is 9.88. The fourth-order valence-corrected chi connectivity index (χ4v) is 3.53. The summed E-state index contributed by atoms with van der Waals surface area (Å²) in [7, 11) is 2.71. The first-order valence-electron chi connectivity index (χ1n) is 8.31. The lowest BCUT2D eigenvalue weighted by molar-refractivity contribution is -0.143. The number of hydrogen-bond acceptors (Lipinski definition) is 7. The molecule has 0 saturated heterocycles. The predicted molar refractivity (Wildman–Crippen MR) is 102 cm³/mol. The third-order valence-electron chi connectivity index (χ3n) is 4.27. The molecule has 2 atom stereocenters. The largest absolute Gasteiger partial charge is 0.493 e. The van der Waals surface area contributed by atoms with Crippen LogP contribution in [-0.2, 0) is 9.53 Å². The molecule has 0 aliphatic carbocycles. The van der Waals surface area contributed by atoms with E-state index in [4.69, 9.17) is 14.2 Å². The number of aliphatic imine (C=N–C) groups is 1. The molecule has 1 aromatic carbocycles. The molecule has 1 aliphatic rings. The van der Waals surface area contributed by atoms with Gasteiger partial charge in [0.05, 0.1) is 20.3 Å². The van der Waals surface area contributed by atoms with Crippen LogP contribution in [-0.4, -0.2) is 37.9 Å². The number of thiophene rings is 1. The SMILES string of the molecule is COC(=O)C1C(C)=NC(=O)NC1c1ccc(OC(=O)c2cccs2)c(OC)c1. The Kier molecular flexibility index (Phi) is 5.74. The number of ether oxygens (including phenoxy) is 3. The fraction of sp³-hybridized carbons (Fsp3) is 0.263. The molecule has 2 heterocycles. The van der Waals surface area contributed by atoms with Crippen molar-refractivity contribution >= 4 is 35.0 Å². The third-order valence-corrected chi connectivity index (χ3v) is 5.12. The van der Waals surface area contributed by atoms with E-state index in [0.29, 0.717) is 21.9 Å². The van der Waals surface area contributed by atoms with Crippen LogP contribution in [0.4, 0.5) is 4.79 Å². The standard InChI is InChI=1S/C19H18N2O6S/c1-10-15(18(23)26-3)16(21-19(24)20-10)11-6-7-12(13(9-11)25-2)27-17(22)14-5-4-8-28-14/h4-9,15-16H,1-3H3,(H,21,24). The molecule has 2 amide bonds. The second kappa shape index (κ2) is 8.22. The fourth-order valence-electron chi connectivity index (χ4n) is 2.94. The number of nitrogens with one attached hydrogen (secondary N) is 1. The molecule has 2 unspecified atom stereocenters. The Morgan fingerprint density at radius 2 is 1.96 bits per heavy atom. The molecule has 1 N–H and O–H groups in total. The van der Waals surface area contributed by atoms with Crippen molar-refractivity contribution in [1.82, 2.24) is 5.32 Å². The van der Waals surface area contributed by atoms with Gasteiger partial charge < -0.3 is 19.5 Å². The average molecular weight is 402 g/mol. The Labute approximate surface area is 165 Å². The average Bonchev–Trinajstić information content (AvgIpc) is 3.22. The summed E-state index contributed by atoms with van der Waals surface area (Å²) < 4.78 is 15.6. The van der Waals surface area contributed by atoms with Crippen molar-refractivity contribution in [3.05, 3.63) is 46.2 Å². The summed E-state index contributed by atoms with van der Waals surface area (Å²) in [6, 6.07) is 7.00. The summed E-state index contributed by atoms with van der Waals surface area (Å²) in [5, 5.41) is 4.45. The van der Waals surface area contributed by atoms with E-state index in [9.17, 15) is 14.4 Å². The number of urea groups is 1. The molecular weight excluding hydrogens is 384 g/mol. The number of carbonyl (C=O) groups is 3. The van der Waals surface area contributed by atoms with E-state index < -0.39 is 29.9 Å². The van der Waals surface area contributed by atoms with Crippen LogP contribution in [0.15, 0.2) is 40.7 Å². The monoisotopic (exact) mass is 402 g/mol. The second-order valence-corrected chi connectivity index (χ2v) is 6.91. The summed E-state index contributed by atoms with van der Waals surface area (Å²) in [5.41, 5.74) is 0.943. The Morgan fingerprint density at radius 1 is 1.18 bits per heavy atom. The van der Waals surface area contributed by atoms with Crippen LogP contribution in [0.1, 0.15) is 28.2 Å². The van der Waals surface area contributed by atoms with Gasteiger partial charge in [0.2, 0.25) is 0 Å². The van der Waals surface area contributed by atoms with Gasteiger partial charge in [-0.05, 0) is 36.1 Å². The molecular formula is C19H18N2O6S. The van der Waals surface area contributed by atoms with Crippen molar-refractivity contribution < 1.29 is 28.6 Å². The number of methoxy groups -OCH3 is 2. The maximum atomic E-state index is 12.2. The number of esters is 2. The number of rotatable bonds is 5. The highest BCUT2D eigenvalue weighted by atomic mass is 32.1. The van der Waals surface area contributed by atoms with E-state index in [0.717, 1.165) is 0 Å². The Hall–Kier alpha value is -3.20. The summed E-state index contributed by atoms with van der Waals surface area (Å²) in [5.74, 6) is -1.26. The molecule has 0 bridgehead atoms. The van der Waals surface area contributed by atoms with Gasteiger partial charge in [-0.1, -0.05) is 12.1 Å². The molecule has 0 spiro atoms. The second-order valence-electron chi connectivity index (χ2n) is 5.96. The van der Waals surface area contributed by atoms with Gasteiger partial charge in [-0.2, -0.15) is 0 Å². The number of carbonyl (C=O) groups excluding carboxylic acids is 3. The van der Waals surface area contributed by atoms with E-state index in [-0.39, 0.29) is 5.75 Å². The van der Waals surface area contributed by atoms with Gasteiger partial charge in [0.15, 0.2) is 11.5 Å². The van der Waals surface area contributed by atoms with Gasteiger partial charge in [0.25, 0.3) is 0 Å². The van der Waals surface area contributed by atoms with E-state index in [1.54, 1.807) is 42.6 Å². The van der Waals surface area contributed by atoms with E-state index >= 15 is 0 Å². The molecule has 146 valence electrons. The zero-order chi connectivity index (χ0) is 20.3. The number of amides is 2. The lowest BCUT2D eigenvalue weighted by Crippen LogP contribution is -2.44. The molecule has 28 heavy (non-hydrogen) atoms. The molecule has 0 saturated carbocycles. The summed E-state index contributed by atoms with van der Waals surface area (Å²) in [6.07, 6.45) is 0. The number of benzene rings is 1. The van der Waals surface area contributed by atoms with Crippen LogP contribution in [0.3, 0.4) is 0 Å². The molecule has 0 fully saturated rings. The minimum atomic E-state index is -0.771. The zero-order valence-electron chi connectivity index (χ0n) is 15.4. The first kappa shape index (κ1) is 19.6. The van der Waals surface area contributed by atoms with Crippen molar-refractivity contribution in [3.8, 4) is 11.5 Å². The van der Waals surface area contributed by atoms with Crippen molar-refractivity contribution in [1.29, 1.82) is 0 Å². The van der Waals surface area contributed by atoms with Crippen LogP contribution >= 0.6 is 11.3 Å². The molecule has 0 radical (unpaired) electrons. The van der Waals surface area contributed by atoms with Gasteiger partial charge in [-0.3, -0.25) is 4.79 Å². The lowest BCUT2D eigenvalue weighted by Gasteiger charge is -2.29. The van der Waals surface area contributed by atoms with Gasteiger partial charge in [0.1, 0.15) is 10.8 Å². The molecule has 1 aromatic heterocycles. The molecule has 1 aliphatic heterocycles. The van der Waals surface area contributed by atoms with Crippen LogP contribution in [0.2, 0.25) is 0 Å². The topological polar surface area (TPSA) is 103 Å². The van der Waals surface area contributed by atoms with E-state index in [1.165, 1.54) is 25.6 Å². The quantitative estimate of drug-likeness (QED) is 0.609. The predicted octanol–water partition coefficient (Wildman–Crippen LogP) is 2.99. The summed E-state index contributed by atoms with van der Waals surface area (Å²) in [4.78, 5) is 40.5. The van der Waals surface area contributed by atoms with Crippen molar-refractivity contribution in [2.45, 2.75) is 13.0 Å². The van der Waals surface area contributed by atoms with Gasteiger partial charge in [0, 0.05) is 5.71 Å². The van der Waals surface area contributed by atoms with Crippen LogP contribution in [0, 0.1) is 5.92 Å². The Balaban J connectivity index is 1.92. The maximum absolute atomic E-state index is 12.2. The Morgan fingerprint density at radius 3 is 2.61 bits per heavy atom. The van der Waals surface area contributed by atoms with Gasteiger partial charge in [-0.15, -0.1) is 11.3 Å². The smallest absolute Gasteiger partial charge is 0.353 e. The molecule has 2 aromatic rings. The molecule has 9 heteroatoms. The van der Waals surface area contributed by atoms with Crippen molar-refractivity contribution in [3.63, 3.8) is 0 Å². The highest BCUT2D eigenvalue weighted by Crippen LogP contribution is 2.35. The summed E-state index contributed by atoms with van der Waals surface area (Å²) in [6.45, 7) is 1.60. The van der Waals surface area contributed by atoms with Crippen LogP contribution in [0.25, 0.3) is 0 Å². The molecule has 3 rings (SSSR count). The minimum Gasteiger partial charge on any atom is -0.493 e. The van der Waals surface area contributed by atoms with Crippen LogP contribution < -0.4 is 14.8 Å². The maximum Gasteiger partial charge on any atom is 0.353 e. The summed E-state index contributed by atoms with van der Waals surface area (Å²) >= 11 is 1.27. The minimum absolute atomic E-state index is 0.229. The first-order valence-corrected chi connectivity index (χ1v) is 9.19. The highest BCUT2D eigenvalue weighted by molar-refractivity contribution is 7.12. The van der Waals surface area contributed by atoms with E-state index in [1.807, 2.05) is 0 Å². The van der Waals surface area contributed by atoms with Gasteiger partial charge in [-0.25, -0.2) is 14.6 Å². The van der Waals surface area contributed by atoms with Crippen molar-refractivity contribution in [2.75, 3.05) is 14.2 Å². The normalized spacial score (nSPS) is 18.7. The number of nitrogens with zero attached hydrogens (tertiary/aromatic N) is 1. The zero-order valence-corrected chi connectivity index (χ0v) is 16.2. The Bertz CT molecular complexity index is 938. The molecule has 8 nitrogen and oxygen atoms in total. The van der Waals surface area contributed by atoms with Crippen LogP contribution in [0.5, 0.6) is 11.5 Å². The first-order chi connectivity index (χ1) is 13.4. The van der Waals surface area contributed by atoms with E-state index in [2.05, 4.69) is 10.3 Å². The number of hydrogen-bond donors (Lipinski definition) is 1.